The number of amides is 1. The quantitative estimate of drug-likeness (QED) is 0.758. The topological polar surface area (TPSA) is 49.8 Å². The zero-order valence-electron chi connectivity index (χ0n) is 14.2. The summed E-state index contributed by atoms with van der Waals surface area (Å²) in [7, 11) is 0. The van der Waals surface area contributed by atoms with E-state index in [1.54, 1.807) is 20.8 Å². The number of hydrogen-bond acceptors (Lipinski definition) is 3. The van der Waals surface area contributed by atoms with E-state index in [1.807, 2.05) is 0 Å². The fourth-order valence-corrected chi connectivity index (χ4v) is 2.82. The number of aliphatic hydroxyl groups excluding tert-OH is 1. The molecule has 140 valence electrons. The molecule has 1 amide bonds. The molecule has 1 aliphatic rings. The van der Waals surface area contributed by atoms with Gasteiger partial charge >= 0.3 is 12.3 Å². The molecule has 1 N–H and O–H groups in total. The van der Waals surface area contributed by atoms with E-state index in [9.17, 15) is 27.5 Å². The van der Waals surface area contributed by atoms with Crippen molar-refractivity contribution in [3.8, 4) is 0 Å². The maximum Gasteiger partial charge on any atom is 0.416 e. The van der Waals surface area contributed by atoms with Gasteiger partial charge in [-0.2, -0.15) is 13.2 Å². The number of ether oxygens (including phenoxy) is 1. The molecule has 1 fully saturated rings. The highest BCUT2D eigenvalue weighted by atomic mass is 19.4. The Morgan fingerprint density at radius 1 is 1.28 bits per heavy atom. The standard InChI is InChI=1S/C17H21F4NO3/c1-16(2,3)25-15(24)22-8-4-5-13(23)14(22)11-7-6-10(9-12(11)18)17(19,20)21/h6-7,9,13-14,23H,4-5,8H2,1-3H3/t13-,14-/m0/s1. The van der Waals surface area contributed by atoms with Crippen LogP contribution in [0.4, 0.5) is 22.4 Å². The average Bonchev–Trinajstić information content (AvgIpc) is 2.44. The van der Waals surface area contributed by atoms with Gasteiger partial charge in [0.25, 0.3) is 0 Å². The average molecular weight is 363 g/mol. The van der Waals surface area contributed by atoms with Gasteiger partial charge in [0.05, 0.1) is 17.7 Å². The van der Waals surface area contributed by atoms with Gasteiger partial charge in [0.2, 0.25) is 0 Å². The molecule has 0 unspecified atom stereocenters. The van der Waals surface area contributed by atoms with Gasteiger partial charge in [-0.1, -0.05) is 6.07 Å². The van der Waals surface area contributed by atoms with Crippen molar-refractivity contribution < 1.29 is 32.2 Å². The van der Waals surface area contributed by atoms with E-state index >= 15 is 0 Å². The van der Waals surface area contributed by atoms with Crippen LogP contribution in [0.2, 0.25) is 0 Å². The summed E-state index contributed by atoms with van der Waals surface area (Å²) < 4.78 is 57.7. The Kier molecular flexibility index (Phi) is 5.32. The van der Waals surface area contributed by atoms with E-state index in [2.05, 4.69) is 0 Å². The SMILES string of the molecule is CC(C)(C)OC(=O)N1CCC[C@H](O)[C@@H]1c1ccc(C(F)(F)F)cc1F. The first kappa shape index (κ1) is 19.5. The highest BCUT2D eigenvalue weighted by molar-refractivity contribution is 5.69. The van der Waals surface area contributed by atoms with Gasteiger partial charge in [-0.15, -0.1) is 0 Å². The second-order valence-electron chi connectivity index (χ2n) is 7.06. The lowest BCUT2D eigenvalue weighted by Crippen LogP contribution is -2.47. The minimum atomic E-state index is -4.67. The number of likely N-dealkylation sites (tertiary alicyclic amines) is 1. The molecule has 2 atom stereocenters. The van der Waals surface area contributed by atoms with Gasteiger partial charge in [-0.05, 0) is 45.7 Å². The highest BCUT2D eigenvalue weighted by Crippen LogP contribution is 2.36. The summed E-state index contributed by atoms with van der Waals surface area (Å²) in [6.45, 7) is 5.22. The molecule has 1 saturated heterocycles. The molecule has 0 aromatic heterocycles. The van der Waals surface area contributed by atoms with Crippen LogP contribution in [0.15, 0.2) is 18.2 Å². The molecule has 4 nitrogen and oxygen atoms in total. The molecule has 1 aromatic rings. The molecule has 0 radical (unpaired) electrons. The van der Waals surface area contributed by atoms with Crippen LogP contribution >= 0.6 is 0 Å². The first-order chi connectivity index (χ1) is 11.4. The molecule has 0 aliphatic carbocycles. The van der Waals surface area contributed by atoms with Crippen LogP contribution in [0.3, 0.4) is 0 Å². The Labute approximate surface area is 143 Å². The highest BCUT2D eigenvalue weighted by Gasteiger charge is 2.39. The van der Waals surface area contributed by atoms with E-state index in [1.165, 1.54) is 4.90 Å². The van der Waals surface area contributed by atoms with Crippen molar-refractivity contribution >= 4 is 6.09 Å². The number of carbonyl (C=O) groups excluding carboxylic acids is 1. The lowest BCUT2D eigenvalue weighted by molar-refractivity contribution is -0.137. The summed E-state index contributed by atoms with van der Waals surface area (Å²) in [6, 6.07) is 0.997. The molecule has 8 heteroatoms. The number of nitrogens with zero attached hydrogens (tertiary/aromatic N) is 1. The van der Waals surface area contributed by atoms with E-state index in [0.717, 1.165) is 12.1 Å². The summed E-state index contributed by atoms with van der Waals surface area (Å²) in [5.41, 5.74) is -2.07. The Hall–Kier alpha value is -1.83. The lowest BCUT2D eigenvalue weighted by Gasteiger charge is -2.40. The molecular formula is C17H21F4NO3. The monoisotopic (exact) mass is 363 g/mol. The lowest BCUT2D eigenvalue weighted by atomic mass is 9.91. The van der Waals surface area contributed by atoms with E-state index in [4.69, 9.17) is 4.74 Å². The Balaban J connectivity index is 2.37. The van der Waals surface area contributed by atoms with Gasteiger partial charge in [-0.25, -0.2) is 9.18 Å². The summed E-state index contributed by atoms with van der Waals surface area (Å²) in [6.07, 6.45) is -5.71. The third kappa shape index (κ3) is 4.62. The summed E-state index contributed by atoms with van der Waals surface area (Å²) >= 11 is 0. The van der Waals surface area contributed by atoms with Crippen LogP contribution in [-0.4, -0.2) is 34.3 Å². The van der Waals surface area contributed by atoms with E-state index in [0.29, 0.717) is 18.9 Å². The van der Waals surface area contributed by atoms with Crippen molar-refractivity contribution in [3.63, 3.8) is 0 Å². The number of piperidine rings is 1. The second-order valence-corrected chi connectivity index (χ2v) is 7.06. The zero-order chi connectivity index (χ0) is 19.0. The third-order valence-electron chi connectivity index (χ3n) is 3.87. The van der Waals surface area contributed by atoms with Crippen molar-refractivity contribution in [1.29, 1.82) is 0 Å². The third-order valence-corrected chi connectivity index (χ3v) is 3.87. The van der Waals surface area contributed by atoms with E-state index in [-0.39, 0.29) is 12.1 Å². The molecule has 1 heterocycles. The maximum absolute atomic E-state index is 14.3. The predicted molar refractivity (Wildman–Crippen MR) is 82.3 cm³/mol. The minimum absolute atomic E-state index is 0.161. The number of aliphatic hydroxyl groups is 1. The molecule has 0 spiro atoms. The Morgan fingerprint density at radius 3 is 2.44 bits per heavy atom. The van der Waals surface area contributed by atoms with Crippen LogP contribution < -0.4 is 0 Å². The largest absolute Gasteiger partial charge is 0.444 e. The molecule has 25 heavy (non-hydrogen) atoms. The number of alkyl halides is 3. The molecule has 1 aliphatic heterocycles. The van der Waals surface area contributed by atoms with Crippen molar-refractivity contribution in [1.82, 2.24) is 4.90 Å². The smallest absolute Gasteiger partial charge is 0.416 e. The maximum atomic E-state index is 14.3. The van der Waals surface area contributed by atoms with Crippen LogP contribution in [-0.2, 0) is 10.9 Å². The summed E-state index contributed by atoms with van der Waals surface area (Å²) in [4.78, 5) is 13.5. The molecule has 2 rings (SSSR count). The van der Waals surface area contributed by atoms with Crippen LogP contribution in [0.1, 0.15) is 50.8 Å². The van der Waals surface area contributed by atoms with Gasteiger partial charge in [-0.3, -0.25) is 4.90 Å². The van der Waals surface area contributed by atoms with Gasteiger partial charge < -0.3 is 9.84 Å². The molecule has 0 bridgehead atoms. The first-order valence-corrected chi connectivity index (χ1v) is 7.94. The zero-order valence-corrected chi connectivity index (χ0v) is 14.2. The second kappa shape index (κ2) is 6.82. The summed E-state index contributed by atoms with van der Waals surface area (Å²) in [5, 5.41) is 10.3. The predicted octanol–water partition coefficient (Wildman–Crippen LogP) is 4.28. The fourth-order valence-electron chi connectivity index (χ4n) is 2.82. The van der Waals surface area contributed by atoms with Gasteiger partial charge in [0.1, 0.15) is 11.4 Å². The number of hydrogen-bond donors (Lipinski definition) is 1. The number of carbonyl (C=O) groups is 1. The molecule has 1 aromatic carbocycles. The molecule has 0 saturated carbocycles. The number of rotatable bonds is 1. The Morgan fingerprint density at radius 2 is 1.92 bits per heavy atom. The fraction of sp³-hybridized carbons (Fsp3) is 0.588. The normalized spacial score (nSPS) is 22.0. The molecular weight excluding hydrogens is 342 g/mol. The van der Waals surface area contributed by atoms with Crippen LogP contribution in [0.25, 0.3) is 0 Å². The number of halogens is 4. The Bertz CT molecular complexity index is 640. The first-order valence-electron chi connectivity index (χ1n) is 7.94. The van der Waals surface area contributed by atoms with Crippen LogP contribution in [0.5, 0.6) is 0 Å². The van der Waals surface area contributed by atoms with Crippen LogP contribution in [0, 0.1) is 5.82 Å². The van der Waals surface area contributed by atoms with Crippen molar-refractivity contribution in [3.05, 3.63) is 35.1 Å². The van der Waals surface area contributed by atoms with Gasteiger partial charge in [0.15, 0.2) is 0 Å². The van der Waals surface area contributed by atoms with Gasteiger partial charge in [0, 0.05) is 12.1 Å². The van der Waals surface area contributed by atoms with E-state index < -0.39 is 41.4 Å². The van der Waals surface area contributed by atoms with Crippen molar-refractivity contribution in [2.45, 2.75) is 57.5 Å². The summed E-state index contributed by atoms with van der Waals surface area (Å²) in [5.74, 6) is -1.12. The van der Waals surface area contributed by atoms with Crippen molar-refractivity contribution in [2.24, 2.45) is 0 Å². The number of benzene rings is 1. The minimum Gasteiger partial charge on any atom is -0.444 e. The van der Waals surface area contributed by atoms with Crippen molar-refractivity contribution in [2.75, 3.05) is 6.54 Å².